The molecule has 0 unspecified atom stereocenters. The summed E-state index contributed by atoms with van der Waals surface area (Å²) in [7, 11) is 1.30. The van der Waals surface area contributed by atoms with Gasteiger partial charge in [0, 0.05) is 0 Å². The lowest BCUT2D eigenvalue weighted by atomic mass is 10.2. The Morgan fingerprint density at radius 2 is 1.88 bits per heavy atom. The van der Waals surface area contributed by atoms with Crippen molar-refractivity contribution in [3.63, 3.8) is 0 Å². The van der Waals surface area contributed by atoms with E-state index in [4.69, 9.17) is 9.47 Å². The highest BCUT2D eigenvalue weighted by atomic mass is 19.4. The fourth-order valence-electron chi connectivity index (χ4n) is 1.26. The number of ether oxygens (including phenoxy) is 2. The average molecular weight is 252 g/mol. The highest BCUT2D eigenvalue weighted by molar-refractivity contribution is 5.43. The van der Waals surface area contributed by atoms with E-state index in [9.17, 15) is 17.6 Å². The topological polar surface area (TPSA) is 18.5 Å². The maximum atomic E-state index is 13.4. The molecular weight excluding hydrogens is 240 g/mol. The summed E-state index contributed by atoms with van der Waals surface area (Å²) in [6.45, 7) is 1.00. The molecule has 1 rings (SSSR count). The Morgan fingerprint density at radius 3 is 2.41 bits per heavy atom. The summed E-state index contributed by atoms with van der Waals surface area (Å²) in [6.07, 6.45) is -5.46. The molecule has 0 aliphatic rings. The monoisotopic (exact) mass is 252 g/mol. The maximum Gasteiger partial charge on any atom is 0.392 e. The summed E-state index contributed by atoms with van der Waals surface area (Å²) in [6, 6.07) is 2.66. The van der Waals surface area contributed by atoms with Crippen molar-refractivity contribution in [2.24, 2.45) is 0 Å². The van der Waals surface area contributed by atoms with Crippen molar-refractivity contribution in [1.29, 1.82) is 0 Å². The number of hydrogen-bond acceptors (Lipinski definition) is 2. The third-order valence-electron chi connectivity index (χ3n) is 2.01. The van der Waals surface area contributed by atoms with Gasteiger partial charge in [-0.25, -0.2) is 4.39 Å². The molecule has 96 valence electrons. The summed E-state index contributed by atoms with van der Waals surface area (Å²) < 4.78 is 58.7. The van der Waals surface area contributed by atoms with Crippen LogP contribution in [-0.4, -0.2) is 19.9 Å². The largest absolute Gasteiger partial charge is 0.493 e. The normalized spacial score (nSPS) is 11.4. The van der Waals surface area contributed by atoms with Gasteiger partial charge in [-0.05, 0) is 24.6 Å². The standard InChI is InChI=1S/C11H12F4O2/c1-7-5-8(12)10(9(6-7)16-2)17-4-3-11(13,14)15/h5-6H,3-4H2,1-2H3. The second-order valence-corrected chi connectivity index (χ2v) is 3.49. The van der Waals surface area contributed by atoms with Crippen molar-refractivity contribution in [3.05, 3.63) is 23.5 Å². The predicted octanol–water partition coefficient (Wildman–Crippen LogP) is 3.47. The molecule has 0 atom stereocenters. The second-order valence-electron chi connectivity index (χ2n) is 3.49. The summed E-state index contributed by atoms with van der Waals surface area (Å²) in [5.74, 6) is -0.934. The molecule has 0 radical (unpaired) electrons. The Labute approximate surface area is 96.1 Å². The summed E-state index contributed by atoms with van der Waals surface area (Å²) in [4.78, 5) is 0. The van der Waals surface area contributed by atoms with Gasteiger partial charge < -0.3 is 9.47 Å². The molecule has 0 amide bonds. The first-order valence-corrected chi connectivity index (χ1v) is 4.87. The van der Waals surface area contributed by atoms with Crippen molar-refractivity contribution >= 4 is 0 Å². The molecule has 2 nitrogen and oxygen atoms in total. The highest BCUT2D eigenvalue weighted by Crippen LogP contribution is 2.32. The number of benzene rings is 1. The predicted molar refractivity (Wildman–Crippen MR) is 53.9 cm³/mol. The first-order chi connectivity index (χ1) is 7.83. The van der Waals surface area contributed by atoms with E-state index in [0.717, 1.165) is 0 Å². The summed E-state index contributed by atoms with van der Waals surface area (Å²) in [5.41, 5.74) is 0.600. The smallest absolute Gasteiger partial charge is 0.392 e. The molecule has 0 aromatic heterocycles. The molecule has 0 fully saturated rings. The van der Waals surface area contributed by atoms with E-state index in [0.29, 0.717) is 5.56 Å². The Hall–Kier alpha value is -1.46. The van der Waals surface area contributed by atoms with Gasteiger partial charge in [0.1, 0.15) is 0 Å². The van der Waals surface area contributed by atoms with E-state index in [2.05, 4.69) is 0 Å². The van der Waals surface area contributed by atoms with Gasteiger partial charge in [-0.2, -0.15) is 13.2 Å². The minimum Gasteiger partial charge on any atom is -0.493 e. The van der Waals surface area contributed by atoms with E-state index >= 15 is 0 Å². The molecular formula is C11H12F4O2. The Balaban J connectivity index is 2.76. The highest BCUT2D eigenvalue weighted by Gasteiger charge is 2.27. The van der Waals surface area contributed by atoms with Crippen molar-refractivity contribution in [1.82, 2.24) is 0 Å². The number of rotatable bonds is 4. The molecule has 6 heteroatoms. The molecule has 1 aromatic carbocycles. The number of aryl methyl sites for hydroxylation is 1. The second kappa shape index (κ2) is 5.25. The number of methoxy groups -OCH3 is 1. The molecule has 0 N–H and O–H groups in total. The van der Waals surface area contributed by atoms with Gasteiger partial charge in [-0.3, -0.25) is 0 Å². The Kier molecular flexibility index (Phi) is 4.20. The Morgan fingerprint density at radius 1 is 1.24 bits per heavy atom. The van der Waals surface area contributed by atoms with Gasteiger partial charge in [0.2, 0.25) is 0 Å². The molecule has 0 aliphatic carbocycles. The minimum absolute atomic E-state index is 0.0877. The van der Waals surface area contributed by atoms with Crippen LogP contribution in [0.3, 0.4) is 0 Å². The first kappa shape index (κ1) is 13.6. The molecule has 0 heterocycles. The number of alkyl halides is 3. The van der Waals surface area contributed by atoms with Crippen LogP contribution in [0.2, 0.25) is 0 Å². The van der Waals surface area contributed by atoms with Crippen LogP contribution in [0, 0.1) is 12.7 Å². The average Bonchev–Trinajstić information content (AvgIpc) is 2.18. The first-order valence-electron chi connectivity index (χ1n) is 4.87. The quantitative estimate of drug-likeness (QED) is 0.764. The van der Waals surface area contributed by atoms with Crippen LogP contribution in [0.15, 0.2) is 12.1 Å². The SMILES string of the molecule is COc1cc(C)cc(F)c1OCCC(F)(F)F. The third-order valence-corrected chi connectivity index (χ3v) is 2.01. The molecule has 0 bridgehead atoms. The van der Waals surface area contributed by atoms with Gasteiger partial charge in [0.15, 0.2) is 17.3 Å². The van der Waals surface area contributed by atoms with Gasteiger partial charge in [0.05, 0.1) is 20.1 Å². The molecule has 1 aromatic rings. The van der Waals surface area contributed by atoms with E-state index in [1.807, 2.05) is 0 Å². The van der Waals surface area contributed by atoms with Crippen molar-refractivity contribution in [2.75, 3.05) is 13.7 Å². The van der Waals surface area contributed by atoms with Crippen LogP contribution in [-0.2, 0) is 0 Å². The van der Waals surface area contributed by atoms with Crippen molar-refractivity contribution in [2.45, 2.75) is 19.5 Å². The van der Waals surface area contributed by atoms with E-state index < -0.39 is 25.0 Å². The lowest BCUT2D eigenvalue weighted by Crippen LogP contribution is -2.13. The fraction of sp³-hybridized carbons (Fsp3) is 0.455. The zero-order chi connectivity index (χ0) is 13.1. The van der Waals surface area contributed by atoms with Crippen molar-refractivity contribution in [3.8, 4) is 11.5 Å². The van der Waals surface area contributed by atoms with Gasteiger partial charge in [0.25, 0.3) is 0 Å². The molecule has 0 saturated heterocycles. The molecule has 0 saturated carbocycles. The molecule has 0 spiro atoms. The summed E-state index contributed by atoms with van der Waals surface area (Å²) in [5, 5.41) is 0. The van der Waals surface area contributed by atoms with E-state index in [1.54, 1.807) is 6.92 Å². The van der Waals surface area contributed by atoms with Crippen molar-refractivity contribution < 1.29 is 27.0 Å². The molecule has 0 aliphatic heterocycles. The Bertz CT molecular complexity index is 388. The maximum absolute atomic E-state index is 13.4. The number of hydrogen-bond donors (Lipinski definition) is 0. The third kappa shape index (κ3) is 4.13. The van der Waals surface area contributed by atoms with Gasteiger partial charge in [-0.15, -0.1) is 0 Å². The lowest BCUT2D eigenvalue weighted by molar-refractivity contribution is -0.139. The van der Waals surface area contributed by atoms with Crippen LogP contribution >= 0.6 is 0 Å². The van der Waals surface area contributed by atoms with Gasteiger partial charge in [-0.1, -0.05) is 0 Å². The van der Waals surface area contributed by atoms with Crippen LogP contribution in [0.25, 0.3) is 0 Å². The fourth-order valence-corrected chi connectivity index (χ4v) is 1.26. The van der Waals surface area contributed by atoms with Crippen LogP contribution in [0.5, 0.6) is 11.5 Å². The van der Waals surface area contributed by atoms with Crippen LogP contribution in [0.1, 0.15) is 12.0 Å². The number of halogens is 4. The lowest BCUT2D eigenvalue weighted by Gasteiger charge is -2.13. The van der Waals surface area contributed by atoms with Crippen LogP contribution in [0.4, 0.5) is 17.6 Å². The van der Waals surface area contributed by atoms with Crippen LogP contribution < -0.4 is 9.47 Å². The molecule has 17 heavy (non-hydrogen) atoms. The minimum atomic E-state index is -4.32. The zero-order valence-corrected chi connectivity index (χ0v) is 9.40. The van der Waals surface area contributed by atoms with E-state index in [1.165, 1.54) is 19.2 Å². The van der Waals surface area contributed by atoms with E-state index in [-0.39, 0.29) is 11.5 Å². The zero-order valence-electron chi connectivity index (χ0n) is 9.40. The summed E-state index contributed by atoms with van der Waals surface area (Å²) >= 11 is 0. The van der Waals surface area contributed by atoms with Gasteiger partial charge >= 0.3 is 6.18 Å².